The van der Waals surface area contributed by atoms with Crippen LogP contribution in [0.2, 0.25) is 0 Å². The van der Waals surface area contributed by atoms with Crippen molar-refractivity contribution in [1.29, 1.82) is 0 Å². The third-order valence-electron chi connectivity index (χ3n) is 4.49. The molecule has 2 aliphatic rings. The Labute approximate surface area is 152 Å². The van der Waals surface area contributed by atoms with Gasteiger partial charge in [-0.1, -0.05) is 19.8 Å². The van der Waals surface area contributed by atoms with E-state index >= 15 is 0 Å². The zero-order valence-electron chi connectivity index (χ0n) is 14.7. The van der Waals surface area contributed by atoms with E-state index < -0.39 is 0 Å². The fourth-order valence-corrected chi connectivity index (χ4v) is 3.87. The first-order chi connectivity index (χ1) is 12.0. The number of amides is 4. The summed E-state index contributed by atoms with van der Waals surface area (Å²) in [6.07, 6.45) is 5.19. The van der Waals surface area contributed by atoms with Gasteiger partial charge in [-0.15, -0.1) is 11.8 Å². The van der Waals surface area contributed by atoms with Crippen LogP contribution in [0.3, 0.4) is 0 Å². The predicted molar refractivity (Wildman–Crippen MR) is 95.9 cm³/mol. The minimum atomic E-state index is -0.191. The van der Waals surface area contributed by atoms with E-state index in [4.69, 9.17) is 0 Å². The number of carbonyl (C=O) groups is 4. The molecule has 140 valence electrons. The zero-order valence-corrected chi connectivity index (χ0v) is 15.5. The van der Waals surface area contributed by atoms with Crippen molar-refractivity contribution < 1.29 is 19.2 Å². The third kappa shape index (κ3) is 6.68. The Bertz CT molecular complexity index is 502. The minimum Gasteiger partial charge on any atom is -0.354 e. The zero-order chi connectivity index (χ0) is 18.2. The second-order valence-electron chi connectivity index (χ2n) is 6.84. The van der Waals surface area contributed by atoms with E-state index in [1.165, 1.54) is 29.5 Å². The first-order valence-corrected chi connectivity index (χ1v) is 10.1. The number of piperidine rings is 1. The number of carbonyl (C=O) groups excluding carboxylic acids is 4. The highest BCUT2D eigenvalue weighted by molar-refractivity contribution is 8.00. The first kappa shape index (κ1) is 19.8. The van der Waals surface area contributed by atoms with E-state index in [0.29, 0.717) is 18.9 Å². The quantitative estimate of drug-likeness (QED) is 0.614. The van der Waals surface area contributed by atoms with Gasteiger partial charge in [0.25, 0.3) is 0 Å². The number of hydrogen-bond donors (Lipinski definition) is 2. The molecule has 0 atom stereocenters. The summed E-state index contributed by atoms with van der Waals surface area (Å²) < 4.78 is 0. The standard InChI is InChI=1S/C17H27N3O4S/c1-12-8-16(23)20(17(24)9-12)7-6-18-14(21)10-25-11-15(22)19-13-4-2-3-5-13/h12-13H,2-11H2,1H3,(H,18,21)(H,19,22). The van der Waals surface area contributed by atoms with E-state index in [0.717, 1.165) is 12.8 Å². The molecule has 1 saturated carbocycles. The van der Waals surface area contributed by atoms with E-state index in [2.05, 4.69) is 10.6 Å². The van der Waals surface area contributed by atoms with Crippen molar-refractivity contribution >= 4 is 35.4 Å². The van der Waals surface area contributed by atoms with Crippen molar-refractivity contribution in [3.05, 3.63) is 0 Å². The normalized spacial score (nSPS) is 19.3. The number of thioether (sulfide) groups is 1. The van der Waals surface area contributed by atoms with Crippen LogP contribution in [0.4, 0.5) is 0 Å². The Balaban J connectivity index is 1.55. The predicted octanol–water partition coefficient (Wildman–Crippen LogP) is 0.680. The average molecular weight is 369 g/mol. The van der Waals surface area contributed by atoms with Crippen LogP contribution in [0.1, 0.15) is 45.4 Å². The molecule has 0 aromatic heterocycles. The van der Waals surface area contributed by atoms with Crippen LogP contribution in [0.5, 0.6) is 0 Å². The number of rotatable bonds is 8. The van der Waals surface area contributed by atoms with Crippen LogP contribution in [0, 0.1) is 5.92 Å². The lowest BCUT2D eigenvalue weighted by molar-refractivity contribution is -0.149. The van der Waals surface area contributed by atoms with Gasteiger partial charge < -0.3 is 10.6 Å². The molecule has 4 amide bonds. The van der Waals surface area contributed by atoms with E-state index in [1.54, 1.807) is 0 Å². The van der Waals surface area contributed by atoms with Gasteiger partial charge >= 0.3 is 0 Å². The van der Waals surface area contributed by atoms with Crippen molar-refractivity contribution in [3.63, 3.8) is 0 Å². The number of nitrogens with one attached hydrogen (secondary N) is 2. The largest absolute Gasteiger partial charge is 0.354 e. The molecule has 8 heteroatoms. The van der Waals surface area contributed by atoms with Gasteiger partial charge in [0.2, 0.25) is 23.6 Å². The van der Waals surface area contributed by atoms with E-state index in [1.807, 2.05) is 6.92 Å². The smallest absolute Gasteiger partial charge is 0.230 e. The highest BCUT2D eigenvalue weighted by atomic mass is 32.2. The topological polar surface area (TPSA) is 95.6 Å². The second-order valence-corrected chi connectivity index (χ2v) is 7.83. The first-order valence-electron chi connectivity index (χ1n) is 8.92. The molecule has 2 rings (SSSR count). The van der Waals surface area contributed by atoms with Gasteiger partial charge in [0.05, 0.1) is 11.5 Å². The molecule has 1 saturated heterocycles. The Kier molecular flexibility index (Phi) is 7.74. The molecule has 1 aliphatic heterocycles. The summed E-state index contributed by atoms with van der Waals surface area (Å²) in [5.41, 5.74) is 0. The van der Waals surface area contributed by atoms with Gasteiger partial charge in [0.15, 0.2) is 0 Å². The molecule has 0 spiro atoms. The molecule has 0 unspecified atom stereocenters. The fraction of sp³-hybridized carbons (Fsp3) is 0.765. The summed E-state index contributed by atoms with van der Waals surface area (Å²) in [4.78, 5) is 48.4. The summed E-state index contributed by atoms with van der Waals surface area (Å²) >= 11 is 1.27. The number of likely N-dealkylation sites (tertiary alicyclic amines) is 1. The summed E-state index contributed by atoms with van der Waals surface area (Å²) in [6, 6.07) is 0.296. The lowest BCUT2D eigenvalue weighted by Gasteiger charge is -2.28. The monoisotopic (exact) mass is 369 g/mol. The van der Waals surface area contributed by atoms with Crippen molar-refractivity contribution in [2.75, 3.05) is 24.6 Å². The fourth-order valence-electron chi connectivity index (χ4n) is 3.21. The molecular weight excluding hydrogens is 342 g/mol. The summed E-state index contributed by atoms with van der Waals surface area (Å²) in [6.45, 7) is 2.34. The third-order valence-corrected chi connectivity index (χ3v) is 5.43. The maximum atomic E-state index is 11.8. The molecule has 0 aromatic rings. The maximum Gasteiger partial charge on any atom is 0.230 e. The molecule has 7 nitrogen and oxygen atoms in total. The number of imide groups is 1. The molecule has 0 bridgehead atoms. The van der Waals surface area contributed by atoms with Crippen LogP contribution in [0.25, 0.3) is 0 Å². The molecule has 2 fully saturated rings. The molecule has 2 N–H and O–H groups in total. The molecule has 25 heavy (non-hydrogen) atoms. The SMILES string of the molecule is CC1CC(=O)N(CCNC(=O)CSCC(=O)NC2CCCC2)C(=O)C1. The van der Waals surface area contributed by atoms with Crippen LogP contribution in [-0.2, 0) is 19.2 Å². The van der Waals surface area contributed by atoms with Gasteiger partial charge in [-0.05, 0) is 18.8 Å². The second kappa shape index (κ2) is 9.79. The van der Waals surface area contributed by atoms with Crippen molar-refractivity contribution in [1.82, 2.24) is 15.5 Å². The Morgan fingerprint density at radius 1 is 1.08 bits per heavy atom. The lowest BCUT2D eigenvalue weighted by Crippen LogP contribution is -2.46. The minimum absolute atomic E-state index is 0.0247. The number of nitrogens with zero attached hydrogens (tertiary/aromatic N) is 1. The highest BCUT2D eigenvalue weighted by Gasteiger charge is 2.29. The van der Waals surface area contributed by atoms with Crippen molar-refractivity contribution in [2.45, 2.75) is 51.5 Å². The van der Waals surface area contributed by atoms with Crippen LogP contribution in [-0.4, -0.2) is 59.2 Å². The van der Waals surface area contributed by atoms with Gasteiger partial charge in [-0.25, -0.2) is 0 Å². The Morgan fingerprint density at radius 2 is 1.68 bits per heavy atom. The molecule has 0 radical (unpaired) electrons. The van der Waals surface area contributed by atoms with Crippen LogP contribution in [0.15, 0.2) is 0 Å². The van der Waals surface area contributed by atoms with Crippen LogP contribution >= 0.6 is 11.8 Å². The van der Waals surface area contributed by atoms with E-state index in [-0.39, 0.29) is 54.1 Å². The maximum absolute atomic E-state index is 11.8. The average Bonchev–Trinajstić information content (AvgIpc) is 3.02. The summed E-state index contributed by atoms with van der Waals surface area (Å²) in [7, 11) is 0. The van der Waals surface area contributed by atoms with Gasteiger partial charge in [0, 0.05) is 32.0 Å². The van der Waals surface area contributed by atoms with Crippen molar-refractivity contribution in [2.24, 2.45) is 5.92 Å². The van der Waals surface area contributed by atoms with Gasteiger partial charge in [-0.3, -0.25) is 24.1 Å². The lowest BCUT2D eigenvalue weighted by atomic mass is 9.98. The van der Waals surface area contributed by atoms with Crippen molar-refractivity contribution in [3.8, 4) is 0 Å². The van der Waals surface area contributed by atoms with Crippen LogP contribution < -0.4 is 10.6 Å². The molecule has 1 heterocycles. The molecule has 0 aromatic carbocycles. The number of hydrogen-bond acceptors (Lipinski definition) is 5. The molecule has 1 aliphatic carbocycles. The summed E-state index contributed by atoms with van der Waals surface area (Å²) in [5.74, 6) is -0.00105. The molecular formula is C17H27N3O4S. The summed E-state index contributed by atoms with van der Waals surface area (Å²) in [5, 5.41) is 5.67. The highest BCUT2D eigenvalue weighted by Crippen LogP contribution is 2.18. The van der Waals surface area contributed by atoms with E-state index in [9.17, 15) is 19.2 Å². The van der Waals surface area contributed by atoms with Gasteiger partial charge in [-0.2, -0.15) is 0 Å². The van der Waals surface area contributed by atoms with Gasteiger partial charge in [0.1, 0.15) is 0 Å². The Hall–Kier alpha value is -1.57. The Morgan fingerprint density at radius 3 is 2.32 bits per heavy atom.